The molecule has 0 atom stereocenters. The monoisotopic (exact) mass is 364 g/mol. The van der Waals surface area contributed by atoms with Gasteiger partial charge in [-0.15, -0.1) is 0 Å². The maximum absolute atomic E-state index is 13.1. The third-order valence-corrected chi connectivity index (χ3v) is 4.17. The standard InChI is InChI=1S/C20H23F3N2O/c1-13(2)14-4-7-19(26-3)18(11-14)17-6-5-16(20(21,22)23)10-15(17)12-25-9-8-24/h4-8,10-11,13,24-25H,9,12H2,1-3H3. The number of nitrogens with one attached hydrogen (secondary N) is 2. The Morgan fingerprint density at radius 2 is 1.85 bits per heavy atom. The second-order valence-electron chi connectivity index (χ2n) is 6.32. The predicted octanol–water partition coefficient (Wildman–Crippen LogP) is 5.24. The summed E-state index contributed by atoms with van der Waals surface area (Å²) in [7, 11) is 1.55. The van der Waals surface area contributed by atoms with Crippen LogP contribution >= 0.6 is 0 Å². The Hall–Kier alpha value is -2.34. The summed E-state index contributed by atoms with van der Waals surface area (Å²) < 4.78 is 44.8. The van der Waals surface area contributed by atoms with Gasteiger partial charge in [0.15, 0.2) is 0 Å². The van der Waals surface area contributed by atoms with Crippen molar-refractivity contribution in [2.24, 2.45) is 0 Å². The van der Waals surface area contributed by atoms with Crippen LogP contribution in [-0.2, 0) is 12.7 Å². The molecule has 0 aliphatic heterocycles. The van der Waals surface area contributed by atoms with Crippen LogP contribution in [0.1, 0.15) is 36.5 Å². The van der Waals surface area contributed by atoms with Gasteiger partial charge in [-0.1, -0.05) is 26.0 Å². The van der Waals surface area contributed by atoms with Gasteiger partial charge < -0.3 is 15.5 Å². The molecule has 0 radical (unpaired) electrons. The highest BCUT2D eigenvalue weighted by molar-refractivity contribution is 5.75. The lowest BCUT2D eigenvalue weighted by atomic mass is 9.92. The van der Waals surface area contributed by atoms with E-state index in [1.807, 2.05) is 18.2 Å². The van der Waals surface area contributed by atoms with Gasteiger partial charge in [0.2, 0.25) is 0 Å². The molecule has 2 aromatic rings. The summed E-state index contributed by atoms with van der Waals surface area (Å²) >= 11 is 0. The fraction of sp³-hybridized carbons (Fsp3) is 0.350. The van der Waals surface area contributed by atoms with E-state index in [2.05, 4.69) is 19.2 Å². The quantitative estimate of drug-likeness (QED) is 0.521. The first-order valence-electron chi connectivity index (χ1n) is 8.36. The minimum atomic E-state index is -4.40. The third-order valence-electron chi connectivity index (χ3n) is 4.17. The number of alkyl halides is 3. The number of hydrogen-bond acceptors (Lipinski definition) is 3. The van der Waals surface area contributed by atoms with Crippen LogP contribution in [0.4, 0.5) is 13.2 Å². The van der Waals surface area contributed by atoms with Gasteiger partial charge in [-0.25, -0.2) is 0 Å². The SMILES string of the molecule is COc1ccc(C(C)C)cc1-c1ccc(C(F)(F)F)cc1CNCC=N. The van der Waals surface area contributed by atoms with Crippen LogP contribution in [0.2, 0.25) is 0 Å². The third kappa shape index (κ3) is 4.64. The minimum absolute atomic E-state index is 0.226. The molecular formula is C20H23F3N2O. The summed E-state index contributed by atoms with van der Waals surface area (Å²) in [6.07, 6.45) is -3.23. The topological polar surface area (TPSA) is 45.1 Å². The van der Waals surface area contributed by atoms with Crippen molar-refractivity contribution in [3.8, 4) is 16.9 Å². The van der Waals surface area contributed by atoms with Crippen molar-refractivity contribution in [2.45, 2.75) is 32.5 Å². The van der Waals surface area contributed by atoms with Crippen LogP contribution in [0.15, 0.2) is 36.4 Å². The second kappa shape index (κ2) is 8.36. The lowest BCUT2D eigenvalue weighted by Crippen LogP contribution is -2.17. The highest BCUT2D eigenvalue weighted by atomic mass is 19.4. The molecule has 0 spiro atoms. The van der Waals surface area contributed by atoms with Gasteiger partial charge in [-0.3, -0.25) is 0 Å². The van der Waals surface area contributed by atoms with Crippen LogP contribution in [0.3, 0.4) is 0 Å². The molecule has 2 aromatic carbocycles. The molecule has 2 rings (SSSR count). The minimum Gasteiger partial charge on any atom is -0.496 e. The van der Waals surface area contributed by atoms with E-state index < -0.39 is 11.7 Å². The van der Waals surface area contributed by atoms with Crippen molar-refractivity contribution in [1.29, 1.82) is 5.41 Å². The zero-order chi connectivity index (χ0) is 19.3. The molecule has 0 fully saturated rings. The van der Waals surface area contributed by atoms with Gasteiger partial charge in [0.1, 0.15) is 5.75 Å². The molecule has 0 aliphatic rings. The van der Waals surface area contributed by atoms with Gasteiger partial charge >= 0.3 is 6.18 Å². The molecule has 0 aromatic heterocycles. The van der Waals surface area contributed by atoms with E-state index in [1.54, 1.807) is 7.11 Å². The van der Waals surface area contributed by atoms with E-state index in [0.717, 1.165) is 23.3 Å². The zero-order valence-electron chi connectivity index (χ0n) is 15.1. The molecule has 2 N–H and O–H groups in total. The summed E-state index contributed by atoms with van der Waals surface area (Å²) in [4.78, 5) is 0. The maximum Gasteiger partial charge on any atom is 0.416 e. The maximum atomic E-state index is 13.1. The molecule has 0 saturated heterocycles. The normalized spacial score (nSPS) is 11.7. The number of rotatable bonds is 7. The highest BCUT2D eigenvalue weighted by Gasteiger charge is 2.31. The van der Waals surface area contributed by atoms with Crippen molar-refractivity contribution in [1.82, 2.24) is 5.32 Å². The number of methoxy groups -OCH3 is 1. The second-order valence-corrected chi connectivity index (χ2v) is 6.32. The number of hydrogen-bond donors (Lipinski definition) is 2. The van der Waals surface area contributed by atoms with E-state index in [0.29, 0.717) is 23.4 Å². The Labute approximate surface area is 151 Å². The van der Waals surface area contributed by atoms with Crippen molar-refractivity contribution in [3.63, 3.8) is 0 Å². The molecule has 6 heteroatoms. The van der Waals surface area contributed by atoms with Crippen LogP contribution in [-0.4, -0.2) is 19.9 Å². The molecule has 0 bridgehead atoms. The molecular weight excluding hydrogens is 341 g/mol. The fourth-order valence-corrected chi connectivity index (χ4v) is 2.75. The van der Waals surface area contributed by atoms with Gasteiger partial charge in [0.25, 0.3) is 0 Å². The van der Waals surface area contributed by atoms with E-state index in [1.165, 1.54) is 12.3 Å². The van der Waals surface area contributed by atoms with Crippen LogP contribution < -0.4 is 10.1 Å². The average molecular weight is 364 g/mol. The lowest BCUT2D eigenvalue weighted by Gasteiger charge is -2.18. The molecule has 140 valence electrons. The lowest BCUT2D eigenvalue weighted by molar-refractivity contribution is -0.137. The Bertz CT molecular complexity index is 770. The molecule has 0 amide bonds. The Kier molecular flexibility index (Phi) is 6.42. The predicted molar refractivity (Wildman–Crippen MR) is 98.0 cm³/mol. The van der Waals surface area contributed by atoms with Crippen molar-refractivity contribution >= 4 is 6.21 Å². The van der Waals surface area contributed by atoms with Crippen LogP contribution in [0.5, 0.6) is 5.75 Å². The summed E-state index contributed by atoms with van der Waals surface area (Å²) in [6.45, 7) is 4.64. The average Bonchev–Trinajstić information content (AvgIpc) is 2.60. The summed E-state index contributed by atoms with van der Waals surface area (Å²) in [5.74, 6) is 0.899. The van der Waals surface area contributed by atoms with Gasteiger partial charge in [-0.2, -0.15) is 13.2 Å². The highest BCUT2D eigenvalue weighted by Crippen LogP contribution is 2.38. The zero-order valence-corrected chi connectivity index (χ0v) is 15.1. The van der Waals surface area contributed by atoms with Gasteiger partial charge in [-0.05, 0) is 46.9 Å². The number of ether oxygens (including phenoxy) is 1. The van der Waals surface area contributed by atoms with Crippen molar-refractivity contribution < 1.29 is 17.9 Å². The Morgan fingerprint density at radius 3 is 2.42 bits per heavy atom. The van der Waals surface area contributed by atoms with Crippen LogP contribution in [0, 0.1) is 5.41 Å². The molecule has 0 aliphatic carbocycles. The van der Waals surface area contributed by atoms with E-state index in [4.69, 9.17) is 10.1 Å². The van der Waals surface area contributed by atoms with E-state index in [-0.39, 0.29) is 12.5 Å². The fourth-order valence-electron chi connectivity index (χ4n) is 2.75. The van der Waals surface area contributed by atoms with Crippen molar-refractivity contribution in [3.05, 3.63) is 53.1 Å². The Morgan fingerprint density at radius 1 is 1.12 bits per heavy atom. The van der Waals surface area contributed by atoms with E-state index in [9.17, 15) is 13.2 Å². The molecule has 0 heterocycles. The first kappa shape index (κ1) is 20.0. The van der Waals surface area contributed by atoms with Crippen LogP contribution in [0.25, 0.3) is 11.1 Å². The van der Waals surface area contributed by atoms with Gasteiger partial charge in [0, 0.05) is 24.9 Å². The largest absolute Gasteiger partial charge is 0.496 e. The first-order valence-corrected chi connectivity index (χ1v) is 8.36. The van der Waals surface area contributed by atoms with Crippen molar-refractivity contribution in [2.75, 3.05) is 13.7 Å². The first-order chi connectivity index (χ1) is 12.3. The summed E-state index contributed by atoms with van der Waals surface area (Å²) in [5, 5.41) is 10.0. The Balaban J connectivity index is 2.59. The number of benzene rings is 2. The smallest absolute Gasteiger partial charge is 0.416 e. The molecule has 26 heavy (non-hydrogen) atoms. The molecule has 3 nitrogen and oxygen atoms in total. The van der Waals surface area contributed by atoms with Gasteiger partial charge in [0.05, 0.1) is 12.7 Å². The molecule has 0 unspecified atom stereocenters. The van der Waals surface area contributed by atoms with E-state index >= 15 is 0 Å². The molecule has 0 saturated carbocycles. The summed E-state index contributed by atoms with van der Waals surface area (Å²) in [5.41, 5.74) is 2.36. The number of halogens is 3. The summed E-state index contributed by atoms with van der Waals surface area (Å²) in [6, 6.07) is 9.52.